The number of carboxylic acid groups (broad SMARTS) is 2. The van der Waals surface area contributed by atoms with Crippen molar-refractivity contribution in [3.05, 3.63) is 59.7 Å². The molecule has 0 aliphatic carbocycles. The van der Waals surface area contributed by atoms with E-state index in [9.17, 15) is 28.8 Å². The van der Waals surface area contributed by atoms with E-state index in [1.807, 2.05) is 0 Å². The highest BCUT2D eigenvalue weighted by Gasteiger charge is 2.31. The maximum Gasteiger partial charge on any atom is 0.408 e. The number of guanidine groups is 1. The summed E-state index contributed by atoms with van der Waals surface area (Å²) < 4.78 is 10.4. The highest BCUT2D eigenvalue weighted by molar-refractivity contribution is 5.96. The Balaban J connectivity index is 1.95. The molecule has 0 saturated heterocycles. The second kappa shape index (κ2) is 15.4. The fourth-order valence-electron chi connectivity index (χ4n) is 3.45. The van der Waals surface area contributed by atoms with Gasteiger partial charge in [-0.15, -0.1) is 0 Å². The van der Waals surface area contributed by atoms with Crippen molar-refractivity contribution < 1.29 is 48.5 Å². The fraction of sp³-hybridized carbons (Fsp3) is 0.296. The van der Waals surface area contributed by atoms with Crippen molar-refractivity contribution in [3.8, 4) is 5.75 Å². The molecule has 0 heterocycles. The smallest absolute Gasteiger partial charge is 0.408 e. The Labute approximate surface area is 239 Å². The van der Waals surface area contributed by atoms with Crippen LogP contribution in [-0.2, 0) is 30.5 Å². The summed E-state index contributed by atoms with van der Waals surface area (Å²) in [7, 11) is 0. The molecule has 2 aromatic carbocycles. The lowest BCUT2D eigenvalue weighted by Crippen LogP contribution is -2.53. The topological polar surface area (TPSA) is 247 Å². The van der Waals surface area contributed by atoms with Crippen molar-refractivity contribution in [1.82, 2.24) is 10.6 Å². The minimum absolute atomic E-state index is 0.198. The first-order valence-corrected chi connectivity index (χ1v) is 12.5. The second-order valence-corrected chi connectivity index (χ2v) is 9.24. The van der Waals surface area contributed by atoms with Crippen LogP contribution in [0.3, 0.4) is 0 Å². The molecule has 42 heavy (non-hydrogen) atoms. The maximum atomic E-state index is 12.6. The van der Waals surface area contributed by atoms with Gasteiger partial charge in [-0.3, -0.25) is 24.6 Å². The molecule has 0 aliphatic rings. The van der Waals surface area contributed by atoms with Crippen LogP contribution in [0, 0.1) is 11.3 Å². The van der Waals surface area contributed by atoms with Crippen molar-refractivity contribution >= 4 is 47.3 Å². The van der Waals surface area contributed by atoms with Gasteiger partial charge in [-0.25, -0.2) is 9.59 Å². The summed E-state index contributed by atoms with van der Waals surface area (Å²) in [5.41, 5.74) is 6.49. The summed E-state index contributed by atoms with van der Waals surface area (Å²) in [5, 5.41) is 32.3. The van der Waals surface area contributed by atoms with Crippen LogP contribution >= 0.6 is 0 Å². The molecule has 2 rings (SSSR count). The predicted octanol–water partition coefficient (Wildman–Crippen LogP) is 1.47. The molecule has 2 atom stereocenters. The van der Waals surface area contributed by atoms with Crippen molar-refractivity contribution in [1.29, 1.82) is 5.41 Å². The number of rotatable bonds is 14. The van der Waals surface area contributed by atoms with Crippen LogP contribution in [0.15, 0.2) is 48.5 Å². The van der Waals surface area contributed by atoms with Crippen molar-refractivity contribution in [3.63, 3.8) is 0 Å². The van der Waals surface area contributed by atoms with Gasteiger partial charge in [0.05, 0.1) is 24.4 Å². The van der Waals surface area contributed by atoms with E-state index in [0.717, 1.165) is 0 Å². The number of amides is 2. The Morgan fingerprint density at radius 2 is 1.43 bits per heavy atom. The number of ether oxygens (including phenoxy) is 2. The molecule has 0 radical (unpaired) electrons. The largest absolute Gasteiger partial charge is 0.481 e. The number of hydrogen-bond donors (Lipinski definition) is 7. The van der Waals surface area contributed by atoms with E-state index < -0.39 is 66.5 Å². The number of carbonyl (C=O) groups is 6. The third-order valence-electron chi connectivity index (χ3n) is 5.50. The SMILES string of the molecule is CC(C)C(=O)[C@H](CC(=O)O)NC(=O)[C@H](CC(=O)O)NC(=O)OCc1ccc(OC(=O)c2ccc(NC(=N)N)cc2)cc1. The summed E-state index contributed by atoms with van der Waals surface area (Å²) >= 11 is 0. The fourth-order valence-corrected chi connectivity index (χ4v) is 3.45. The first-order valence-electron chi connectivity index (χ1n) is 12.5. The summed E-state index contributed by atoms with van der Waals surface area (Å²) in [4.78, 5) is 72.0. The van der Waals surface area contributed by atoms with E-state index in [1.165, 1.54) is 50.2 Å². The van der Waals surface area contributed by atoms with Gasteiger partial charge in [0.1, 0.15) is 18.4 Å². The number of aliphatic carboxylic acids is 2. The third kappa shape index (κ3) is 11.0. The minimum Gasteiger partial charge on any atom is -0.481 e. The number of esters is 1. The molecule has 0 aromatic heterocycles. The molecule has 15 heteroatoms. The van der Waals surface area contributed by atoms with Crippen LogP contribution in [-0.4, -0.2) is 63.9 Å². The Kier molecular flexibility index (Phi) is 12.0. The van der Waals surface area contributed by atoms with Gasteiger partial charge in [-0.2, -0.15) is 0 Å². The van der Waals surface area contributed by atoms with Gasteiger partial charge in [-0.1, -0.05) is 26.0 Å². The van der Waals surface area contributed by atoms with Crippen molar-refractivity contribution in [2.24, 2.45) is 11.7 Å². The van der Waals surface area contributed by atoms with Crippen LogP contribution in [0.2, 0.25) is 0 Å². The van der Waals surface area contributed by atoms with E-state index >= 15 is 0 Å². The molecule has 8 N–H and O–H groups in total. The number of carboxylic acids is 2. The van der Waals surface area contributed by atoms with Gasteiger partial charge in [-0.05, 0) is 42.0 Å². The summed E-state index contributed by atoms with van der Waals surface area (Å²) in [6.45, 7) is 2.73. The van der Waals surface area contributed by atoms with Crippen LogP contribution in [0.25, 0.3) is 0 Å². The number of alkyl carbamates (subject to hydrolysis) is 1. The number of nitrogens with one attached hydrogen (secondary N) is 4. The molecular weight excluding hydrogens is 554 g/mol. The first kappa shape index (κ1) is 32.7. The molecular formula is C27H31N5O10. The predicted molar refractivity (Wildman–Crippen MR) is 147 cm³/mol. The first-order chi connectivity index (χ1) is 19.7. The van der Waals surface area contributed by atoms with E-state index in [2.05, 4.69) is 16.0 Å². The molecule has 0 aliphatic heterocycles. The van der Waals surface area contributed by atoms with Crippen LogP contribution in [0.5, 0.6) is 5.75 Å². The average molecular weight is 586 g/mol. The number of nitrogens with two attached hydrogens (primary N) is 1. The number of Topliss-reactive ketones (excluding diaryl/α,β-unsaturated/α-hetero) is 1. The summed E-state index contributed by atoms with van der Waals surface area (Å²) in [6.07, 6.45) is -2.71. The molecule has 2 aromatic rings. The molecule has 15 nitrogen and oxygen atoms in total. The maximum absolute atomic E-state index is 12.6. The quantitative estimate of drug-likeness (QED) is 0.0720. The van der Waals surface area contributed by atoms with Gasteiger partial charge in [0.25, 0.3) is 0 Å². The zero-order chi connectivity index (χ0) is 31.4. The van der Waals surface area contributed by atoms with Gasteiger partial charge < -0.3 is 41.4 Å². The number of hydrogen-bond acceptors (Lipinski definition) is 9. The van der Waals surface area contributed by atoms with Gasteiger partial charge in [0.2, 0.25) is 5.91 Å². The monoisotopic (exact) mass is 585 g/mol. The van der Waals surface area contributed by atoms with Crippen LogP contribution in [0.4, 0.5) is 10.5 Å². The summed E-state index contributed by atoms with van der Waals surface area (Å²) in [6, 6.07) is 8.92. The van der Waals surface area contributed by atoms with Gasteiger partial charge in [0.15, 0.2) is 11.7 Å². The second-order valence-electron chi connectivity index (χ2n) is 9.24. The Morgan fingerprint density at radius 3 is 1.95 bits per heavy atom. The Morgan fingerprint density at radius 1 is 0.857 bits per heavy atom. The van der Waals surface area contributed by atoms with Crippen LogP contribution in [0.1, 0.15) is 42.6 Å². The molecule has 0 spiro atoms. The van der Waals surface area contributed by atoms with E-state index in [1.54, 1.807) is 12.1 Å². The molecule has 2 amide bonds. The molecule has 0 unspecified atom stereocenters. The zero-order valence-corrected chi connectivity index (χ0v) is 22.7. The van der Waals surface area contributed by atoms with E-state index in [-0.39, 0.29) is 23.9 Å². The molecule has 0 fully saturated rings. The summed E-state index contributed by atoms with van der Waals surface area (Å²) in [5.74, 6) is -5.73. The number of carbonyl (C=O) groups excluding carboxylic acids is 4. The Bertz CT molecular complexity index is 1330. The third-order valence-corrected chi connectivity index (χ3v) is 5.50. The standard InChI is InChI=1S/C27H31N5O10/c1-14(2)23(37)19(11-21(33)34)31-24(38)20(12-22(35)36)32-27(40)41-13-15-3-9-18(10-4-15)42-25(39)16-5-7-17(8-6-16)30-26(28)29/h3-10,14,19-20H,11-13H2,1-2H3,(H,31,38)(H,32,40)(H,33,34)(H,35,36)(H4,28,29,30)/t19-,20-/m0/s1. The lowest BCUT2D eigenvalue weighted by Gasteiger charge is -2.22. The lowest BCUT2D eigenvalue weighted by molar-refractivity contribution is -0.142. The Hall–Kier alpha value is -5.47. The highest BCUT2D eigenvalue weighted by Crippen LogP contribution is 2.16. The lowest BCUT2D eigenvalue weighted by atomic mass is 9.98. The van der Waals surface area contributed by atoms with E-state index in [4.69, 9.17) is 30.8 Å². The minimum atomic E-state index is -1.65. The van der Waals surface area contributed by atoms with Gasteiger partial charge >= 0.3 is 24.0 Å². The van der Waals surface area contributed by atoms with Crippen molar-refractivity contribution in [2.45, 2.75) is 45.4 Å². The highest BCUT2D eigenvalue weighted by atomic mass is 16.5. The van der Waals surface area contributed by atoms with E-state index in [0.29, 0.717) is 11.3 Å². The number of ketones is 1. The van der Waals surface area contributed by atoms with Crippen LogP contribution < -0.4 is 26.4 Å². The van der Waals surface area contributed by atoms with Crippen molar-refractivity contribution in [2.75, 3.05) is 5.32 Å². The molecule has 224 valence electrons. The number of anilines is 1. The molecule has 0 saturated carbocycles. The molecule has 0 bridgehead atoms. The average Bonchev–Trinajstić information content (AvgIpc) is 2.91. The normalized spacial score (nSPS) is 11.9. The zero-order valence-electron chi connectivity index (χ0n) is 22.7. The van der Waals surface area contributed by atoms with Gasteiger partial charge in [0, 0.05) is 11.6 Å². The number of benzene rings is 2.